The molecule has 0 aliphatic carbocycles. The van der Waals surface area contributed by atoms with Gasteiger partial charge in [0.1, 0.15) is 18.1 Å². The molecule has 25 heavy (non-hydrogen) atoms. The number of ether oxygens (including phenoxy) is 1. The van der Waals surface area contributed by atoms with Crippen molar-refractivity contribution in [3.05, 3.63) is 83.8 Å². The topological polar surface area (TPSA) is 53.9 Å². The summed E-state index contributed by atoms with van der Waals surface area (Å²) in [5.41, 5.74) is 6.90. The van der Waals surface area contributed by atoms with Gasteiger partial charge in [0.05, 0.1) is 0 Å². The molecule has 1 N–H and O–H groups in total. The second-order valence-electron chi connectivity index (χ2n) is 5.78. The van der Waals surface area contributed by atoms with Crippen LogP contribution in [0, 0.1) is 0 Å². The third-order valence-electron chi connectivity index (χ3n) is 4.13. The number of hydrogen-bond donors (Lipinski definition) is 1. The SMILES string of the molecule is O=CC1=NC2=C(c3ccc(OCc4ccccc4)cc3)CNN2C=C1. The van der Waals surface area contributed by atoms with E-state index in [-0.39, 0.29) is 0 Å². The predicted octanol–water partition coefficient (Wildman–Crippen LogP) is 2.92. The summed E-state index contributed by atoms with van der Waals surface area (Å²) in [5, 5.41) is 1.84. The summed E-state index contributed by atoms with van der Waals surface area (Å²) in [6.07, 6.45) is 4.26. The molecular weight excluding hydrogens is 314 g/mol. The maximum absolute atomic E-state index is 11.0. The molecule has 2 heterocycles. The molecule has 0 fully saturated rings. The monoisotopic (exact) mass is 331 g/mol. The van der Waals surface area contributed by atoms with Crippen molar-refractivity contribution in [1.29, 1.82) is 0 Å². The fourth-order valence-corrected chi connectivity index (χ4v) is 2.81. The van der Waals surface area contributed by atoms with Crippen LogP contribution in [0.2, 0.25) is 0 Å². The Hall–Kier alpha value is -3.18. The Kier molecular flexibility index (Phi) is 4.14. The number of rotatable bonds is 5. The molecule has 4 rings (SSSR count). The Morgan fingerprint density at radius 2 is 1.92 bits per heavy atom. The Labute approximate surface area is 145 Å². The summed E-state index contributed by atoms with van der Waals surface area (Å²) in [5.74, 6) is 1.59. The lowest BCUT2D eigenvalue weighted by Gasteiger charge is -2.17. The van der Waals surface area contributed by atoms with Gasteiger partial charge in [-0.2, -0.15) is 0 Å². The summed E-state index contributed by atoms with van der Waals surface area (Å²) in [6.45, 7) is 1.21. The number of aldehydes is 1. The molecule has 0 radical (unpaired) electrons. The van der Waals surface area contributed by atoms with Gasteiger partial charge in [-0.05, 0) is 29.3 Å². The molecule has 2 aromatic rings. The van der Waals surface area contributed by atoms with E-state index in [0.29, 0.717) is 18.9 Å². The molecule has 0 atom stereocenters. The highest BCUT2D eigenvalue weighted by Gasteiger charge is 2.24. The van der Waals surface area contributed by atoms with E-state index in [9.17, 15) is 4.79 Å². The minimum Gasteiger partial charge on any atom is -0.489 e. The fourth-order valence-electron chi connectivity index (χ4n) is 2.81. The molecule has 0 unspecified atom stereocenters. The van der Waals surface area contributed by atoms with E-state index in [2.05, 4.69) is 10.4 Å². The van der Waals surface area contributed by atoms with Gasteiger partial charge < -0.3 is 4.74 Å². The average molecular weight is 331 g/mol. The summed E-state index contributed by atoms with van der Waals surface area (Å²) < 4.78 is 5.82. The second-order valence-corrected chi connectivity index (χ2v) is 5.78. The van der Waals surface area contributed by atoms with E-state index in [1.807, 2.05) is 65.8 Å². The first-order valence-electron chi connectivity index (χ1n) is 8.08. The number of carbonyl (C=O) groups excluding carboxylic acids is 1. The molecule has 0 aromatic heterocycles. The number of allylic oxidation sites excluding steroid dienone is 1. The highest BCUT2D eigenvalue weighted by molar-refractivity contribution is 6.34. The minimum absolute atomic E-state index is 0.426. The van der Waals surface area contributed by atoms with E-state index in [0.717, 1.165) is 34.6 Å². The number of carbonyl (C=O) groups is 1. The molecule has 0 saturated carbocycles. The summed E-state index contributed by atoms with van der Waals surface area (Å²) in [6, 6.07) is 18.0. The number of nitrogens with one attached hydrogen (secondary N) is 1. The van der Waals surface area contributed by atoms with E-state index in [1.54, 1.807) is 6.08 Å². The molecule has 0 saturated heterocycles. The first-order chi connectivity index (χ1) is 12.3. The van der Waals surface area contributed by atoms with Gasteiger partial charge in [-0.15, -0.1) is 0 Å². The van der Waals surface area contributed by atoms with Crippen LogP contribution in [0.4, 0.5) is 0 Å². The molecule has 2 aliphatic rings. The molecule has 0 bridgehead atoms. The summed E-state index contributed by atoms with van der Waals surface area (Å²) in [4.78, 5) is 15.4. The van der Waals surface area contributed by atoms with Crippen LogP contribution in [0.3, 0.4) is 0 Å². The van der Waals surface area contributed by atoms with Crippen LogP contribution in [0.15, 0.2) is 77.7 Å². The van der Waals surface area contributed by atoms with Gasteiger partial charge in [0.2, 0.25) is 0 Å². The van der Waals surface area contributed by atoms with E-state index in [1.165, 1.54) is 0 Å². The normalized spacial score (nSPS) is 15.8. The van der Waals surface area contributed by atoms with Gasteiger partial charge in [-0.1, -0.05) is 42.5 Å². The van der Waals surface area contributed by atoms with Gasteiger partial charge in [-0.3, -0.25) is 9.80 Å². The Morgan fingerprint density at radius 1 is 1.12 bits per heavy atom. The highest BCUT2D eigenvalue weighted by atomic mass is 16.5. The minimum atomic E-state index is 0.426. The number of hydrogen-bond acceptors (Lipinski definition) is 5. The lowest BCUT2D eigenvalue weighted by atomic mass is 10.1. The summed E-state index contributed by atoms with van der Waals surface area (Å²) in [7, 11) is 0. The largest absolute Gasteiger partial charge is 0.489 e. The van der Waals surface area contributed by atoms with Crippen molar-refractivity contribution in [2.24, 2.45) is 4.99 Å². The van der Waals surface area contributed by atoms with Crippen molar-refractivity contribution in [1.82, 2.24) is 10.4 Å². The van der Waals surface area contributed by atoms with Crippen molar-refractivity contribution in [3.63, 3.8) is 0 Å². The lowest BCUT2D eigenvalue weighted by Crippen LogP contribution is -2.28. The Bertz CT molecular complexity index is 868. The molecular formula is C20H17N3O2. The highest BCUT2D eigenvalue weighted by Crippen LogP contribution is 2.29. The van der Waals surface area contributed by atoms with Crippen LogP contribution >= 0.6 is 0 Å². The Morgan fingerprint density at radius 3 is 2.68 bits per heavy atom. The standard InChI is InChI=1S/C20H17N3O2/c24-13-17-10-11-23-20(22-17)19(12-21-23)16-6-8-18(9-7-16)25-14-15-4-2-1-3-5-15/h1-11,13,21H,12,14H2. The predicted molar refractivity (Wildman–Crippen MR) is 96.6 cm³/mol. The number of aliphatic imine (C=N–C) groups is 1. The summed E-state index contributed by atoms with van der Waals surface area (Å²) >= 11 is 0. The van der Waals surface area contributed by atoms with Crippen LogP contribution in [0.25, 0.3) is 5.57 Å². The van der Waals surface area contributed by atoms with Gasteiger partial charge >= 0.3 is 0 Å². The fraction of sp³-hybridized carbons (Fsp3) is 0.100. The van der Waals surface area contributed by atoms with Crippen LogP contribution in [-0.2, 0) is 11.4 Å². The third kappa shape index (κ3) is 3.22. The molecule has 5 nitrogen and oxygen atoms in total. The van der Waals surface area contributed by atoms with Gasteiger partial charge in [0, 0.05) is 18.3 Å². The van der Waals surface area contributed by atoms with Crippen LogP contribution in [0.1, 0.15) is 11.1 Å². The first kappa shape index (κ1) is 15.4. The smallest absolute Gasteiger partial charge is 0.168 e. The zero-order valence-corrected chi connectivity index (χ0v) is 13.6. The second kappa shape index (κ2) is 6.75. The maximum atomic E-state index is 11.0. The number of hydrazine groups is 1. The lowest BCUT2D eigenvalue weighted by molar-refractivity contribution is -0.102. The quantitative estimate of drug-likeness (QED) is 0.856. The molecule has 0 amide bonds. The molecule has 2 aliphatic heterocycles. The van der Waals surface area contributed by atoms with Crippen molar-refractivity contribution in [2.75, 3.05) is 6.54 Å². The number of benzene rings is 2. The molecule has 0 spiro atoms. The van der Waals surface area contributed by atoms with Crippen molar-refractivity contribution < 1.29 is 9.53 Å². The van der Waals surface area contributed by atoms with E-state index < -0.39 is 0 Å². The van der Waals surface area contributed by atoms with Crippen molar-refractivity contribution >= 4 is 17.6 Å². The first-order valence-corrected chi connectivity index (χ1v) is 8.08. The van der Waals surface area contributed by atoms with E-state index in [4.69, 9.17) is 4.74 Å². The molecule has 5 heteroatoms. The zero-order valence-electron chi connectivity index (χ0n) is 13.6. The average Bonchev–Trinajstić information content (AvgIpc) is 3.10. The zero-order chi connectivity index (χ0) is 17.1. The number of fused-ring (bicyclic) bond motifs is 1. The van der Waals surface area contributed by atoms with E-state index >= 15 is 0 Å². The van der Waals surface area contributed by atoms with Crippen LogP contribution in [0.5, 0.6) is 5.75 Å². The van der Waals surface area contributed by atoms with Gasteiger partial charge in [0.25, 0.3) is 0 Å². The number of nitrogens with zero attached hydrogens (tertiary/aromatic N) is 2. The van der Waals surface area contributed by atoms with Crippen molar-refractivity contribution in [3.8, 4) is 5.75 Å². The maximum Gasteiger partial charge on any atom is 0.168 e. The Balaban J connectivity index is 1.51. The van der Waals surface area contributed by atoms with Gasteiger partial charge in [-0.25, -0.2) is 10.4 Å². The van der Waals surface area contributed by atoms with Crippen LogP contribution in [-0.4, -0.2) is 23.6 Å². The van der Waals surface area contributed by atoms with Crippen molar-refractivity contribution in [2.45, 2.75) is 6.61 Å². The molecule has 2 aromatic carbocycles. The van der Waals surface area contributed by atoms with Gasteiger partial charge in [0.15, 0.2) is 12.1 Å². The van der Waals surface area contributed by atoms with Crippen LogP contribution < -0.4 is 10.2 Å². The molecule has 124 valence electrons. The third-order valence-corrected chi connectivity index (χ3v) is 4.13.